The summed E-state index contributed by atoms with van der Waals surface area (Å²) < 4.78 is 0. The Balaban J connectivity index is 2.47. The van der Waals surface area contributed by atoms with Crippen molar-refractivity contribution in [3.8, 4) is 0 Å². The van der Waals surface area contributed by atoms with Crippen LogP contribution in [0.4, 0.5) is 0 Å². The van der Waals surface area contributed by atoms with E-state index in [0.717, 1.165) is 5.92 Å². The molecule has 0 bridgehead atoms. The largest absolute Gasteiger partial charge is 0.327 e. The lowest BCUT2D eigenvalue weighted by molar-refractivity contribution is 0.148. The fraction of sp³-hybridized carbons (Fsp3) is 1.00. The lowest BCUT2D eigenvalue weighted by atomic mass is 9.69. The van der Waals surface area contributed by atoms with Gasteiger partial charge >= 0.3 is 0 Å². The zero-order valence-electron chi connectivity index (χ0n) is 12.2. The van der Waals surface area contributed by atoms with Gasteiger partial charge in [-0.1, -0.05) is 40.5 Å². The zero-order chi connectivity index (χ0) is 12.9. The van der Waals surface area contributed by atoms with Crippen molar-refractivity contribution in [2.45, 2.75) is 77.5 Å². The minimum Gasteiger partial charge on any atom is -0.327 e. The molecule has 102 valence electrons. The molecule has 2 N–H and O–H groups in total. The second-order valence-corrected chi connectivity index (χ2v) is 7.63. The maximum atomic E-state index is 6.29. The topological polar surface area (TPSA) is 26.0 Å². The van der Waals surface area contributed by atoms with Gasteiger partial charge in [-0.3, -0.25) is 0 Å². The summed E-state index contributed by atoms with van der Waals surface area (Å²) in [7, 11) is 0. The molecule has 0 aliphatic heterocycles. The smallest absolute Gasteiger partial charge is 0.0201 e. The van der Waals surface area contributed by atoms with Crippen LogP contribution in [0.2, 0.25) is 0 Å². The molecule has 0 heterocycles. The SMILES string of the molecule is CCCCSC1CC(C(C)(C)CC)CCC1N. The lowest BCUT2D eigenvalue weighted by Crippen LogP contribution is -2.42. The van der Waals surface area contributed by atoms with E-state index >= 15 is 0 Å². The lowest BCUT2D eigenvalue weighted by Gasteiger charge is -2.42. The third-order valence-electron chi connectivity index (χ3n) is 4.69. The van der Waals surface area contributed by atoms with Crippen molar-refractivity contribution in [3.05, 3.63) is 0 Å². The number of rotatable bonds is 6. The maximum Gasteiger partial charge on any atom is 0.0201 e. The summed E-state index contributed by atoms with van der Waals surface area (Å²) in [5.41, 5.74) is 6.79. The van der Waals surface area contributed by atoms with Gasteiger partial charge < -0.3 is 5.73 Å². The summed E-state index contributed by atoms with van der Waals surface area (Å²) in [6.45, 7) is 9.46. The number of unbranched alkanes of at least 4 members (excludes halogenated alkanes) is 1. The van der Waals surface area contributed by atoms with Gasteiger partial charge in [0.1, 0.15) is 0 Å². The third-order valence-corrected chi connectivity index (χ3v) is 6.18. The molecule has 17 heavy (non-hydrogen) atoms. The molecule has 1 fully saturated rings. The fourth-order valence-electron chi connectivity index (χ4n) is 2.72. The average molecular weight is 257 g/mol. The Kier molecular flexibility index (Phi) is 6.36. The molecule has 1 aliphatic carbocycles. The summed E-state index contributed by atoms with van der Waals surface area (Å²) in [6, 6.07) is 0.445. The number of thioether (sulfide) groups is 1. The molecule has 1 saturated carbocycles. The average Bonchev–Trinajstić information content (AvgIpc) is 2.31. The minimum atomic E-state index is 0.445. The monoisotopic (exact) mass is 257 g/mol. The Morgan fingerprint density at radius 2 is 1.94 bits per heavy atom. The third kappa shape index (κ3) is 4.48. The van der Waals surface area contributed by atoms with E-state index in [9.17, 15) is 0 Å². The first-order valence-corrected chi connectivity index (χ1v) is 8.43. The van der Waals surface area contributed by atoms with Gasteiger partial charge in [-0.15, -0.1) is 0 Å². The van der Waals surface area contributed by atoms with Crippen molar-refractivity contribution in [1.29, 1.82) is 0 Å². The molecule has 1 nitrogen and oxygen atoms in total. The highest BCUT2D eigenvalue weighted by Crippen LogP contribution is 2.43. The first kappa shape index (κ1) is 15.4. The highest BCUT2D eigenvalue weighted by molar-refractivity contribution is 7.99. The summed E-state index contributed by atoms with van der Waals surface area (Å²) >= 11 is 2.14. The van der Waals surface area contributed by atoms with E-state index in [4.69, 9.17) is 5.73 Å². The predicted molar refractivity (Wildman–Crippen MR) is 80.5 cm³/mol. The Hall–Kier alpha value is 0.310. The summed E-state index contributed by atoms with van der Waals surface area (Å²) in [5.74, 6) is 2.18. The summed E-state index contributed by atoms with van der Waals surface area (Å²) in [4.78, 5) is 0. The fourth-order valence-corrected chi connectivity index (χ4v) is 4.23. The maximum absolute atomic E-state index is 6.29. The van der Waals surface area contributed by atoms with Crippen LogP contribution in [0, 0.1) is 11.3 Å². The Labute approximate surface area is 112 Å². The van der Waals surface area contributed by atoms with E-state index < -0.39 is 0 Å². The highest BCUT2D eigenvalue weighted by atomic mass is 32.2. The van der Waals surface area contributed by atoms with E-state index in [-0.39, 0.29) is 0 Å². The zero-order valence-corrected chi connectivity index (χ0v) is 13.0. The van der Waals surface area contributed by atoms with Gasteiger partial charge in [0.15, 0.2) is 0 Å². The Morgan fingerprint density at radius 3 is 2.53 bits per heavy atom. The van der Waals surface area contributed by atoms with Crippen LogP contribution in [0.15, 0.2) is 0 Å². The molecule has 0 saturated heterocycles. The van der Waals surface area contributed by atoms with Crippen molar-refractivity contribution in [3.63, 3.8) is 0 Å². The van der Waals surface area contributed by atoms with Gasteiger partial charge in [-0.25, -0.2) is 0 Å². The standard InChI is InChI=1S/C15H31NS/c1-5-7-10-17-14-11-12(8-9-13(14)16)15(3,4)6-2/h12-14H,5-11,16H2,1-4H3. The first-order chi connectivity index (χ1) is 8.01. The molecule has 3 unspecified atom stereocenters. The van der Waals surface area contributed by atoms with Crippen LogP contribution >= 0.6 is 11.8 Å². The van der Waals surface area contributed by atoms with E-state index in [1.807, 2.05) is 0 Å². The second-order valence-electron chi connectivity index (χ2n) is 6.28. The summed E-state index contributed by atoms with van der Waals surface area (Å²) in [5, 5.41) is 0.714. The van der Waals surface area contributed by atoms with Crippen LogP contribution in [-0.4, -0.2) is 17.0 Å². The van der Waals surface area contributed by atoms with Gasteiger partial charge in [-0.2, -0.15) is 11.8 Å². The van der Waals surface area contributed by atoms with Gasteiger partial charge in [0.25, 0.3) is 0 Å². The van der Waals surface area contributed by atoms with E-state index in [2.05, 4.69) is 39.5 Å². The number of hydrogen-bond donors (Lipinski definition) is 1. The molecule has 0 aromatic carbocycles. The summed E-state index contributed by atoms with van der Waals surface area (Å²) in [6.07, 6.45) is 7.86. The van der Waals surface area contributed by atoms with Crippen LogP contribution in [0.5, 0.6) is 0 Å². The molecule has 0 radical (unpaired) electrons. The van der Waals surface area contributed by atoms with Gasteiger partial charge in [0.2, 0.25) is 0 Å². The minimum absolute atomic E-state index is 0.445. The molecule has 0 spiro atoms. The predicted octanol–water partition coefficient (Wildman–Crippen LogP) is 4.45. The van der Waals surface area contributed by atoms with Crippen LogP contribution < -0.4 is 5.73 Å². The molecule has 2 heteroatoms. The molecule has 0 amide bonds. The van der Waals surface area contributed by atoms with Crippen LogP contribution in [0.25, 0.3) is 0 Å². The van der Waals surface area contributed by atoms with E-state index in [0.29, 0.717) is 16.7 Å². The normalized spacial score (nSPS) is 30.5. The van der Waals surface area contributed by atoms with Gasteiger partial charge in [0.05, 0.1) is 0 Å². The quantitative estimate of drug-likeness (QED) is 0.711. The Morgan fingerprint density at radius 1 is 1.24 bits per heavy atom. The second kappa shape index (κ2) is 7.04. The number of hydrogen-bond acceptors (Lipinski definition) is 2. The van der Waals surface area contributed by atoms with Crippen molar-refractivity contribution >= 4 is 11.8 Å². The molecule has 0 aromatic heterocycles. The van der Waals surface area contributed by atoms with Gasteiger partial charge in [-0.05, 0) is 42.8 Å². The molecule has 0 aromatic rings. The molecule has 1 aliphatic rings. The van der Waals surface area contributed by atoms with Crippen molar-refractivity contribution in [2.75, 3.05) is 5.75 Å². The van der Waals surface area contributed by atoms with Crippen molar-refractivity contribution in [2.24, 2.45) is 17.1 Å². The molecule has 3 atom stereocenters. The van der Waals surface area contributed by atoms with Crippen LogP contribution in [-0.2, 0) is 0 Å². The first-order valence-electron chi connectivity index (χ1n) is 7.38. The van der Waals surface area contributed by atoms with Crippen LogP contribution in [0.3, 0.4) is 0 Å². The van der Waals surface area contributed by atoms with E-state index in [1.54, 1.807) is 0 Å². The van der Waals surface area contributed by atoms with Crippen LogP contribution in [0.1, 0.15) is 66.2 Å². The molecule has 1 rings (SSSR count). The van der Waals surface area contributed by atoms with Crippen molar-refractivity contribution < 1.29 is 0 Å². The highest BCUT2D eigenvalue weighted by Gasteiger charge is 2.35. The van der Waals surface area contributed by atoms with Crippen molar-refractivity contribution in [1.82, 2.24) is 0 Å². The van der Waals surface area contributed by atoms with Gasteiger partial charge in [0, 0.05) is 11.3 Å². The molecular formula is C15H31NS. The number of nitrogens with two attached hydrogens (primary N) is 1. The Bertz CT molecular complexity index is 215. The van der Waals surface area contributed by atoms with E-state index in [1.165, 1.54) is 44.3 Å². The molecular weight excluding hydrogens is 226 g/mol.